The number of piperidine rings is 1. The van der Waals surface area contributed by atoms with Crippen LogP contribution < -0.4 is 10.0 Å². The molecule has 4 N–H and O–H groups in total. The van der Waals surface area contributed by atoms with Gasteiger partial charge in [-0.25, -0.2) is 13.2 Å². The average molecular weight is 560 g/mol. The number of amides is 2. The van der Waals surface area contributed by atoms with Crippen LogP contribution >= 0.6 is 0 Å². The van der Waals surface area contributed by atoms with Crippen molar-refractivity contribution in [2.24, 2.45) is 11.8 Å². The highest BCUT2D eigenvalue weighted by molar-refractivity contribution is 7.89. The van der Waals surface area contributed by atoms with Crippen molar-refractivity contribution in [1.29, 1.82) is 0 Å². The second-order valence-corrected chi connectivity index (χ2v) is 11.9. The van der Waals surface area contributed by atoms with Gasteiger partial charge in [0.15, 0.2) is 0 Å². The van der Waals surface area contributed by atoms with E-state index in [0.717, 1.165) is 5.56 Å². The first-order valence-electron chi connectivity index (χ1n) is 13.1. The van der Waals surface area contributed by atoms with E-state index in [1.807, 2.05) is 20.8 Å². The third-order valence-corrected chi connectivity index (χ3v) is 8.72. The highest BCUT2D eigenvalue weighted by Crippen LogP contribution is 2.22. The summed E-state index contributed by atoms with van der Waals surface area (Å²) in [5.41, 5.74) is 1.58. The molecule has 0 aromatic heterocycles. The molecule has 2 amide bonds. The summed E-state index contributed by atoms with van der Waals surface area (Å²) in [6.45, 7) is 6.08. The number of nitrogens with one attached hydrogen (secondary N) is 2. The van der Waals surface area contributed by atoms with Crippen LogP contribution in [0.25, 0.3) is 0 Å². The van der Waals surface area contributed by atoms with Gasteiger partial charge in [0.1, 0.15) is 17.8 Å². The predicted molar refractivity (Wildman–Crippen MR) is 145 cm³/mol. The molecule has 0 saturated carbocycles. The second kappa shape index (κ2) is 13.1. The van der Waals surface area contributed by atoms with Crippen LogP contribution in [-0.2, 0) is 30.8 Å². The summed E-state index contributed by atoms with van der Waals surface area (Å²) in [4.78, 5) is 39.7. The van der Waals surface area contributed by atoms with Gasteiger partial charge in [-0.3, -0.25) is 9.59 Å². The summed E-state index contributed by atoms with van der Waals surface area (Å²) in [6.07, 6.45) is 1.32. The lowest BCUT2D eigenvalue weighted by Crippen LogP contribution is -2.54. The summed E-state index contributed by atoms with van der Waals surface area (Å²) < 4.78 is 28.6. The molecule has 0 spiro atoms. The van der Waals surface area contributed by atoms with Gasteiger partial charge in [-0.1, -0.05) is 50.1 Å². The van der Waals surface area contributed by atoms with Gasteiger partial charge < -0.3 is 20.4 Å². The first-order chi connectivity index (χ1) is 18.4. The van der Waals surface area contributed by atoms with Crippen molar-refractivity contribution in [3.05, 3.63) is 59.7 Å². The number of carbonyl (C=O) groups is 3. The molecule has 1 fully saturated rings. The van der Waals surface area contributed by atoms with Gasteiger partial charge in [-0.15, -0.1) is 0 Å². The summed E-state index contributed by atoms with van der Waals surface area (Å²) in [5.74, 6) is -2.56. The lowest BCUT2D eigenvalue weighted by molar-refractivity contribution is -0.143. The van der Waals surface area contributed by atoms with Crippen molar-refractivity contribution in [2.75, 3.05) is 13.1 Å². The zero-order chi connectivity index (χ0) is 28.7. The molecule has 39 heavy (non-hydrogen) atoms. The van der Waals surface area contributed by atoms with Crippen LogP contribution in [0.2, 0.25) is 0 Å². The smallest absolute Gasteiger partial charge is 0.326 e. The van der Waals surface area contributed by atoms with Crippen LogP contribution in [0.15, 0.2) is 53.4 Å². The monoisotopic (exact) mass is 559 g/mol. The predicted octanol–water partition coefficient (Wildman–Crippen LogP) is 2.44. The number of aliphatic carboxylic acids is 1. The summed E-state index contributed by atoms with van der Waals surface area (Å²) in [5, 5.41) is 21.6. The molecular formula is C28H37N3O7S. The molecule has 11 heteroatoms. The Bertz CT molecular complexity index is 1260. The van der Waals surface area contributed by atoms with Gasteiger partial charge in [0.25, 0.3) is 0 Å². The van der Waals surface area contributed by atoms with Crippen molar-refractivity contribution in [3.8, 4) is 5.75 Å². The molecule has 3 atom stereocenters. The number of nitrogens with zero attached hydrogens (tertiary/aromatic N) is 1. The fourth-order valence-corrected chi connectivity index (χ4v) is 5.81. The standard InChI is InChI=1S/C28H37N3O7S/c1-4-19(3)25(30-39(37,38)23-11-5-18(2)6-12-23)27(34)31-15-13-21(14-16-31)26(33)29-24(28(35)36)17-20-7-9-22(32)10-8-20/h5-12,19,21,24-25,30,32H,4,13-17H2,1-3H3,(H,29,33)(H,35,36)/t19-,24+,25+/m1/s1. The van der Waals surface area contributed by atoms with E-state index >= 15 is 0 Å². The zero-order valence-electron chi connectivity index (χ0n) is 22.5. The number of aryl methyl sites for hydroxylation is 1. The van der Waals surface area contributed by atoms with Gasteiger partial charge in [0.2, 0.25) is 21.8 Å². The van der Waals surface area contributed by atoms with Crippen LogP contribution in [-0.4, -0.2) is 66.5 Å². The maximum Gasteiger partial charge on any atom is 0.326 e. The highest BCUT2D eigenvalue weighted by atomic mass is 32.2. The summed E-state index contributed by atoms with van der Waals surface area (Å²) in [7, 11) is -3.92. The average Bonchev–Trinajstić information content (AvgIpc) is 2.92. The number of carboxylic acid groups (broad SMARTS) is 1. The molecule has 1 aliphatic rings. The quantitative estimate of drug-likeness (QED) is 0.330. The molecule has 0 bridgehead atoms. The third kappa shape index (κ3) is 8.03. The number of phenolic OH excluding ortho intramolecular Hbond substituents is 1. The van der Waals surface area contributed by atoms with E-state index in [9.17, 15) is 33.0 Å². The number of carbonyl (C=O) groups excluding carboxylic acids is 2. The van der Waals surface area contributed by atoms with E-state index < -0.39 is 39.9 Å². The van der Waals surface area contributed by atoms with Crippen molar-refractivity contribution in [3.63, 3.8) is 0 Å². The molecule has 1 heterocycles. The number of likely N-dealkylation sites (tertiary alicyclic amines) is 1. The molecule has 1 saturated heterocycles. The first-order valence-corrected chi connectivity index (χ1v) is 14.6. The van der Waals surface area contributed by atoms with Gasteiger partial charge in [0, 0.05) is 25.4 Å². The fraction of sp³-hybridized carbons (Fsp3) is 0.464. The summed E-state index contributed by atoms with van der Waals surface area (Å²) in [6, 6.07) is 10.4. The van der Waals surface area contributed by atoms with Gasteiger partial charge in [0.05, 0.1) is 4.90 Å². The Morgan fingerprint density at radius 3 is 2.15 bits per heavy atom. The van der Waals surface area contributed by atoms with E-state index in [0.29, 0.717) is 24.8 Å². The number of hydrogen-bond acceptors (Lipinski definition) is 6. The van der Waals surface area contributed by atoms with Crippen LogP contribution in [0.4, 0.5) is 0 Å². The maximum atomic E-state index is 13.4. The largest absolute Gasteiger partial charge is 0.508 e. The Kier molecular flexibility index (Phi) is 10.1. The first kappa shape index (κ1) is 30.1. The molecule has 10 nitrogen and oxygen atoms in total. The number of aromatic hydroxyl groups is 1. The number of rotatable bonds is 11. The summed E-state index contributed by atoms with van der Waals surface area (Å²) >= 11 is 0. The minimum atomic E-state index is -3.92. The zero-order valence-corrected chi connectivity index (χ0v) is 23.3. The van der Waals surface area contributed by atoms with Crippen LogP contribution in [0.5, 0.6) is 5.75 Å². The highest BCUT2D eigenvalue weighted by Gasteiger charge is 2.36. The molecule has 1 aliphatic heterocycles. The van der Waals surface area contributed by atoms with Crippen LogP contribution in [0.3, 0.4) is 0 Å². The van der Waals surface area contributed by atoms with Crippen molar-refractivity contribution in [2.45, 2.75) is 63.4 Å². The lowest BCUT2D eigenvalue weighted by atomic mass is 9.93. The minimum absolute atomic E-state index is 0.0643. The Morgan fingerprint density at radius 1 is 1.03 bits per heavy atom. The molecular weight excluding hydrogens is 522 g/mol. The molecule has 0 radical (unpaired) electrons. The van der Waals surface area contributed by atoms with Gasteiger partial charge >= 0.3 is 5.97 Å². The number of benzene rings is 2. The fourth-order valence-electron chi connectivity index (χ4n) is 4.51. The molecule has 0 aliphatic carbocycles. The Balaban J connectivity index is 1.62. The van der Waals surface area contributed by atoms with Crippen molar-refractivity contribution in [1.82, 2.24) is 14.9 Å². The van der Waals surface area contributed by atoms with Gasteiger partial charge in [-0.05, 0) is 55.5 Å². The minimum Gasteiger partial charge on any atom is -0.508 e. The van der Waals surface area contributed by atoms with E-state index in [1.54, 1.807) is 29.2 Å². The number of sulfonamides is 1. The second-order valence-electron chi connectivity index (χ2n) is 10.2. The number of hydrogen-bond donors (Lipinski definition) is 4. The normalized spacial score (nSPS) is 16.7. The van der Waals surface area contributed by atoms with Crippen molar-refractivity contribution >= 4 is 27.8 Å². The molecule has 3 rings (SSSR count). The van der Waals surface area contributed by atoms with E-state index in [1.165, 1.54) is 24.3 Å². The number of carboxylic acids is 1. The molecule has 2 aromatic carbocycles. The third-order valence-electron chi connectivity index (χ3n) is 7.26. The Hall–Kier alpha value is -3.44. The Morgan fingerprint density at radius 2 is 1.62 bits per heavy atom. The van der Waals surface area contributed by atoms with E-state index in [4.69, 9.17) is 0 Å². The molecule has 212 valence electrons. The molecule has 0 unspecified atom stereocenters. The lowest BCUT2D eigenvalue weighted by Gasteiger charge is -2.35. The van der Waals surface area contributed by atoms with Crippen LogP contribution in [0.1, 0.15) is 44.2 Å². The van der Waals surface area contributed by atoms with E-state index in [2.05, 4.69) is 10.0 Å². The topological polar surface area (TPSA) is 153 Å². The van der Waals surface area contributed by atoms with Gasteiger partial charge in [-0.2, -0.15) is 4.72 Å². The number of phenols is 1. The van der Waals surface area contributed by atoms with Crippen molar-refractivity contribution < 1.29 is 33.0 Å². The Labute approximate surface area is 229 Å². The molecule has 2 aromatic rings. The van der Waals surface area contributed by atoms with E-state index in [-0.39, 0.29) is 42.0 Å². The SMILES string of the molecule is CC[C@@H](C)[C@H](NS(=O)(=O)c1ccc(C)cc1)C(=O)N1CCC(C(=O)N[C@@H](Cc2ccc(O)cc2)C(=O)O)CC1. The van der Waals surface area contributed by atoms with Crippen LogP contribution in [0, 0.1) is 18.8 Å². The maximum absolute atomic E-state index is 13.4.